The molecule has 0 aromatic heterocycles. The van der Waals surface area contributed by atoms with Gasteiger partial charge in [-0.25, -0.2) is 0 Å². The second kappa shape index (κ2) is 5.16. The van der Waals surface area contributed by atoms with Gasteiger partial charge < -0.3 is 10.2 Å². The normalized spacial score (nSPS) is 16.5. The van der Waals surface area contributed by atoms with Crippen molar-refractivity contribution >= 4 is 40.7 Å². The van der Waals surface area contributed by atoms with E-state index in [4.69, 9.17) is 23.2 Å². The largest absolute Gasteiger partial charge is 0.347 e. The van der Waals surface area contributed by atoms with E-state index in [2.05, 4.69) is 5.32 Å². The third-order valence-corrected chi connectivity index (χ3v) is 3.53. The molecule has 1 N–H and O–H groups in total. The standard InChI is InChI=1S/C12H12Cl2N2O2/c1-7-4-9(14)10(5-8(7)13)16-3-2-11(17)15-6-12(16)18/h4-5H,2-3,6H2,1H3,(H,15,17). The highest BCUT2D eigenvalue weighted by Crippen LogP contribution is 2.32. The van der Waals surface area contributed by atoms with Crippen molar-refractivity contribution in [3.05, 3.63) is 27.7 Å². The average molecular weight is 287 g/mol. The van der Waals surface area contributed by atoms with Crippen molar-refractivity contribution in [1.29, 1.82) is 0 Å². The summed E-state index contributed by atoms with van der Waals surface area (Å²) in [6.07, 6.45) is 0.258. The minimum atomic E-state index is -0.192. The lowest BCUT2D eigenvalue weighted by molar-refractivity contribution is -0.123. The zero-order chi connectivity index (χ0) is 13.3. The molecule has 1 heterocycles. The predicted molar refractivity (Wildman–Crippen MR) is 71.2 cm³/mol. The summed E-state index contributed by atoms with van der Waals surface area (Å²) in [5, 5.41) is 3.54. The molecule has 2 rings (SSSR count). The number of anilines is 1. The lowest BCUT2D eigenvalue weighted by Crippen LogP contribution is -2.35. The molecule has 0 unspecified atom stereocenters. The molecule has 96 valence electrons. The summed E-state index contributed by atoms with van der Waals surface area (Å²) in [5.41, 5.74) is 1.40. The SMILES string of the molecule is Cc1cc(Cl)c(N2CCC(=O)NCC2=O)cc1Cl. The molecule has 0 aliphatic carbocycles. The summed E-state index contributed by atoms with van der Waals surface area (Å²) in [6.45, 7) is 2.14. The van der Waals surface area contributed by atoms with Crippen molar-refractivity contribution in [2.75, 3.05) is 18.0 Å². The smallest absolute Gasteiger partial charge is 0.246 e. The van der Waals surface area contributed by atoms with Crippen LogP contribution in [0.1, 0.15) is 12.0 Å². The summed E-state index contributed by atoms with van der Waals surface area (Å²) >= 11 is 12.2. The van der Waals surface area contributed by atoms with E-state index in [9.17, 15) is 9.59 Å². The van der Waals surface area contributed by atoms with Crippen LogP contribution >= 0.6 is 23.2 Å². The first-order chi connectivity index (χ1) is 8.49. The second-order valence-corrected chi connectivity index (χ2v) is 4.94. The Labute approximate surface area is 115 Å². The Bertz CT molecular complexity index is 517. The van der Waals surface area contributed by atoms with E-state index in [1.807, 2.05) is 6.92 Å². The van der Waals surface area contributed by atoms with Gasteiger partial charge in [-0.2, -0.15) is 0 Å². The first-order valence-corrected chi connectivity index (χ1v) is 6.27. The van der Waals surface area contributed by atoms with Gasteiger partial charge in [0.1, 0.15) is 0 Å². The van der Waals surface area contributed by atoms with Gasteiger partial charge in [-0.3, -0.25) is 9.59 Å². The van der Waals surface area contributed by atoms with Gasteiger partial charge in [-0.15, -0.1) is 0 Å². The molecular formula is C12H12Cl2N2O2. The predicted octanol–water partition coefficient (Wildman–Crippen LogP) is 2.15. The van der Waals surface area contributed by atoms with E-state index in [0.29, 0.717) is 22.3 Å². The second-order valence-electron chi connectivity index (χ2n) is 4.12. The Morgan fingerprint density at radius 2 is 1.94 bits per heavy atom. The van der Waals surface area contributed by atoms with Gasteiger partial charge >= 0.3 is 0 Å². The fourth-order valence-corrected chi connectivity index (χ4v) is 2.27. The maximum absolute atomic E-state index is 11.9. The van der Waals surface area contributed by atoms with E-state index >= 15 is 0 Å². The van der Waals surface area contributed by atoms with Gasteiger partial charge in [0.2, 0.25) is 11.8 Å². The van der Waals surface area contributed by atoms with Crippen LogP contribution in [0, 0.1) is 6.92 Å². The molecule has 0 bridgehead atoms. The Morgan fingerprint density at radius 1 is 1.22 bits per heavy atom. The Balaban J connectivity index is 2.38. The number of benzene rings is 1. The summed E-state index contributed by atoms with van der Waals surface area (Å²) < 4.78 is 0. The van der Waals surface area contributed by atoms with Crippen LogP contribution in [0.15, 0.2) is 12.1 Å². The molecule has 1 aromatic rings. The number of hydrogen-bond donors (Lipinski definition) is 1. The highest BCUT2D eigenvalue weighted by Gasteiger charge is 2.23. The summed E-state index contributed by atoms with van der Waals surface area (Å²) in [4.78, 5) is 24.7. The van der Waals surface area contributed by atoms with Gasteiger partial charge in [0, 0.05) is 18.0 Å². The first-order valence-electron chi connectivity index (χ1n) is 5.52. The van der Waals surface area contributed by atoms with Crippen molar-refractivity contribution in [2.24, 2.45) is 0 Å². The van der Waals surface area contributed by atoms with Crippen molar-refractivity contribution < 1.29 is 9.59 Å². The van der Waals surface area contributed by atoms with E-state index < -0.39 is 0 Å². The summed E-state index contributed by atoms with van der Waals surface area (Å²) in [6, 6.07) is 3.37. The van der Waals surface area contributed by atoms with E-state index in [-0.39, 0.29) is 24.8 Å². The molecule has 2 amide bonds. The van der Waals surface area contributed by atoms with Crippen molar-refractivity contribution in [3.8, 4) is 0 Å². The van der Waals surface area contributed by atoms with Crippen molar-refractivity contribution in [2.45, 2.75) is 13.3 Å². The molecule has 1 saturated heterocycles. The molecule has 18 heavy (non-hydrogen) atoms. The number of carbonyl (C=O) groups is 2. The van der Waals surface area contributed by atoms with E-state index in [1.165, 1.54) is 4.90 Å². The number of hydrogen-bond acceptors (Lipinski definition) is 2. The third-order valence-electron chi connectivity index (χ3n) is 2.82. The van der Waals surface area contributed by atoms with Crippen LogP contribution in [0.3, 0.4) is 0 Å². The highest BCUT2D eigenvalue weighted by atomic mass is 35.5. The molecule has 0 radical (unpaired) electrons. The maximum Gasteiger partial charge on any atom is 0.246 e. The van der Waals surface area contributed by atoms with E-state index in [0.717, 1.165) is 5.56 Å². The Morgan fingerprint density at radius 3 is 2.67 bits per heavy atom. The minimum absolute atomic E-state index is 0.0132. The summed E-state index contributed by atoms with van der Waals surface area (Å²) in [7, 11) is 0. The molecule has 1 aliphatic heterocycles. The lowest BCUT2D eigenvalue weighted by Gasteiger charge is -2.21. The molecule has 0 saturated carbocycles. The number of nitrogens with zero attached hydrogens (tertiary/aromatic N) is 1. The Kier molecular flexibility index (Phi) is 3.78. The van der Waals surface area contributed by atoms with Crippen molar-refractivity contribution in [3.63, 3.8) is 0 Å². The number of halogens is 2. The molecule has 1 aromatic carbocycles. The third kappa shape index (κ3) is 2.60. The minimum Gasteiger partial charge on any atom is -0.347 e. The monoisotopic (exact) mass is 286 g/mol. The molecule has 0 atom stereocenters. The lowest BCUT2D eigenvalue weighted by atomic mass is 10.2. The number of carbonyl (C=O) groups excluding carboxylic acids is 2. The van der Waals surface area contributed by atoms with Crippen LogP contribution in [0.4, 0.5) is 5.69 Å². The van der Waals surface area contributed by atoms with Crippen LogP contribution in [0.2, 0.25) is 10.0 Å². The summed E-state index contributed by atoms with van der Waals surface area (Å²) in [5.74, 6) is -0.331. The molecule has 0 spiro atoms. The van der Waals surface area contributed by atoms with Crippen LogP contribution in [-0.2, 0) is 9.59 Å². The fourth-order valence-electron chi connectivity index (χ4n) is 1.79. The van der Waals surface area contributed by atoms with Crippen LogP contribution in [0.25, 0.3) is 0 Å². The van der Waals surface area contributed by atoms with Gasteiger partial charge in [0.05, 0.1) is 17.3 Å². The van der Waals surface area contributed by atoms with Crippen LogP contribution in [-0.4, -0.2) is 24.9 Å². The highest BCUT2D eigenvalue weighted by molar-refractivity contribution is 6.36. The number of amides is 2. The zero-order valence-corrected chi connectivity index (χ0v) is 11.3. The molecule has 6 heteroatoms. The van der Waals surface area contributed by atoms with Crippen molar-refractivity contribution in [1.82, 2.24) is 5.32 Å². The topological polar surface area (TPSA) is 49.4 Å². The number of aryl methyl sites for hydroxylation is 1. The first kappa shape index (κ1) is 13.2. The number of nitrogens with one attached hydrogen (secondary N) is 1. The van der Waals surface area contributed by atoms with E-state index in [1.54, 1.807) is 12.1 Å². The van der Waals surface area contributed by atoms with Gasteiger partial charge in [0.25, 0.3) is 0 Å². The average Bonchev–Trinajstić information content (AvgIpc) is 2.47. The van der Waals surface area contributed by atoms with Gasteiger partial charge in [-0.05, 0) is 24.6 Å². The molecule has 1 aliphatic rings. The van der Waals surface area contributed by atoms with Crippen LogP contribution < -0.4 is 10.2 Å². The van der Waals surface area contributed by atoms with Gasteiger partial charge in [0.15, 0.2) is 0 Å². The molecule has 4 nitrogen and oxygen atoms in total. The number of rotatable bonds is 1. The molecule has 1 fully saturated rings. The Hall–Kier alpha value is -1.26. The maximum atomic E-state index is 11.9. The fraction of sp³-hybridized carbons (Fsp3) is 0.333. The molecular weight excluding hydrogens is 275 g/mol. The van der Waals surface area contributed by atoms with Crippen LogP contribution in [0.5, 0.6) is 0 Å². The van der Waals surface area contributed by atoms with Gasteiger partial charge in [-0.1, -0.05) is 23.2 Å². The zero-order valence-electron chi connectivity index (χ0n) is 9.80. The quantitative estimate of drug-likeness (QED) is 0.860.